The second-order valence-corrected chi connectivity index (χ2v) is 6.38. The van der Waals surface area contributed by atoms with Crippen molar-refractivity contribution in [2.45, 2.75) is 13.5 Å². The highest BCUT2D eigenvalue weighted by atomic mass is 16.2. The van der Waals surface area contributed by atoms with Crippen LogP contribution in [0.5, 0.6) is 0 Å². The number of pyridine rings is 1. The van der Waals surface area contributed by atoms with E-state index in [-0.39, 0.29) is 18.0 Å². The monoisotopic (exact) mass is 342 g/mol. The number of carbonyl (C=O) groups is 1. The summed E-state index contributed by atoms with van der Waals surface area (Å²) in [5.41, 5.74) is 2.23. The van der Waals surface area contributed by atoms with Crippen molar-refractivity contribution in [3.8, 4) is 0 Å². The van der Waals surface area contributed by atoms with Crippen molar-refractivity contribution in [1.29, 1.82) is 0 Å². The molecule has 0 spiro atoms. The van der Waals surface area contributed by atoms with Crippen molar-refractivity contribution in [1.82, 2.24) is 4.57 Å². The largest absolute Gasteiger partial charge is 0.325 e. The summed E-state index contributed by atoms with van der Waals surface area (Å²) < 4.78 is 1.51. The predicted molar refractivity (Wildman–Crippen MR) is 106 cm³/mol. The fourth-order valence-corrected chi connectivity index (χ4v) is 3.28. The highest BCUT2D eigenvalue weighted by Crippen LogP contribution is 2.19. The second kappa shape index (κ2) is 6.48. The number of nitrogens with one attached hydrogen (secondary N) is 1. The first kappa shape index (κ1) is 16.1. The van der Waals surface area contributed by atoms with Gasteiger partial charge in [-0.25, -0.2) is 0 Å². The van der Waals surface area contributed by atoms with Crippen LogP contribution in [0.2, 0.25) is 0 Å². The molecule has 0 bridgehead atoms. The van der Waals surface area contributed by atoms with Crippen LogP contribution in [0.1, 0.15) is 5.56 Å². The Morgan fingerprint density at radius 1 is 0.923 bits per heavy atom. The van der Waals surface area contributed by atoms with Gasteiger partial charge < -0.3 is 5.32 Å². The van der Waals surface area contributed by atoms with Crippen molar-refractivity contribution in [2.75, 3.05) is 5.32 Å². The van der Waals surface area contributed by atoms with E-state index >= 15 is 0 Å². The van der Waals surface area contributed by atoms with Gasteiger partial charge in [0, 0.05) is 17.1 Å². The van der Waals surface area contributed by atoms with E-state index in [9.17, 15) is 9.59 Å². The average Bonchev–Trinajstić information content (AvgIpc) is 2.65. The Labute approximate surface area is 150 Å². The summed E-state index contributed by atoms with van der Waals surface area (Å²) in [5.74, 6) is -0.226. The molecule has 0 saturated heterocycles. The van der Waals surface area contributed by atoms with Crippen molar-refractivity contribution < 1.29 is 4.79 Å². The van der Waals surface area contributed by atoms with Gasteiger partial charge in [-0.15, -0.1) is 0 Å². The molecular weight excluding hydrogens is 324 g/mol. The molecule has 0 aliphatic heterocycles. The maximum atomic E-state index is 12.5. The molecule has 3 aromatic carbocycles. The molecule has 1 amide bonds. The molecule has 0 aliphatic rings. The van der Waals surface area contributed by atoms with E-state index in [2.05, 4.69) is 5.32 Å². The lowest BCUT2D eigenvalue weighted by molar-refractivity contribution is -0.116. The minimum absolute atomic E-state index is 0.0214. The Bertz CT molecular complexity index is 1190. The molecule has 0 fully saturated rings. The van der Waals surface area contributed by atoms with Crippen LogP contribution in [-0.2, 0) is 11.3 Å². The standard InChI is InChI=1S/C22H18N2O2/c1-15-12-22(26)24(20-9-5-4-8-19(15)20)14-21(25)23-18-11-10-16-6-2-3-7-17(16)13-18/h2-13H,14H2,1H3,(H,23,25). The van der Waals surface area contributed by atoms with E-state index in [0.29, 0.717) is 0 Å². The first-order chi connectivity index (χ1) is 12.6. The predicted octanol–water partition coefficient (Wildman–Crippen LogP) is 4.10. The molecule has 26 heavy (non-hydrogen) atoms. The Morgan fingerprint density at radius 3 is 2.50 bits per heavy atom. The summed E-state index contributed by atoms with van der Waals surface area (Å²) in [4.78, 5) is 24.9. The number of fused-ring (bicyclic) bond motifs is 2. The summed E-state index contributed by atoms with van der Waals surface area (Å²) in [5, 5.41) is 6.04. The Balaban J connectivity index is 1.64. The first-order valence-corrected chi connectivity index (χ1v) is 8.50. The molecule has 4 rings (SSSR count). The van der Waals surface area contributed by atoms with Gasteiger partial charge in [-0.05, 0) is 41.5 Å². The van der Waals surface area contributed by atoms with E-state index in [1.807, 2.05) is 73.7 Å². The van der Waals surface area contributed by atoms with Gasteiger partial charge in [-0.3, -0.25) is 14.2 Å². The molecule has 1 heterocycles. The minimum Gasteiger partial charge on any atom is -0.325 e. The molecule has 0 unspecified atom stereocenters. The number of aromatic nitrogens is 1. The van der Waals surface area contributed by atoms with E-state index in [1.165, 1.54) is 4.57 Å². The van der Waals surface area contributed by atoms with Crippen molar-refractivity contribution >= 4 is 33.3 Å². The van der Waals surface area contributed by atoms with Crippen LogP contribution < -0.4 is 10.9 Å². The number of anilines is 1. The number of hydrogen-bond donors (Lipinski definition) is 1. The van der Waals surface area contributed by atoms with Crippen LogP contribution >= 0.6 is 0 Å². The molecule has 1 N–H and O–H groups in total. The van der Waals surface area contributed by atoms with Gasteiger partial charge in [-0.1, -0.05) is 48.5 Å². The number of rotatable bonds is 3. The number of carbonyl (C=O) groups excluding carboxylic acids is 1. The van der Waals surface area contributed by atoms with Crippen molar-refractivity contribution in [3.05, 3.63) is 88.7 Å². The lowest BCUT2D eigenvalue weighted by Gasteiger charge is -2.12. The van der Waals surface area contributed by atoms with Gasteiger partial charge >= 0.3 is 0 Å². The van der Waals surface area contributed by atoms with E-state index in [0.717, 1.165) is 32.9 Å². The van der Waals surface area contributed by atoms with Crippen molar-refractivity contribution in [3.63, 3.8) is 0 Å². The zero-order chi connectivity index (χ0) is 18.1. The molecule has 4 aromatic rings. The molecule has 1 aromatic heterocycles. The Morgan fingerprint density at radius 2 is 1.65 bits per heavy atom. The Hall–Kier alpha value is -3.40. The zero-order valence-corrected chi connectivity index (χ0v) is 14.4. The molecule has 0 aliphatic carbocycles. The molecule has 0 radical (unpaired) electrons. The third-order valence-corrected chi connectivity index (χ3v) is 4.56. The molecule has 0 saturated carbocycles. The maximum absolute atomic E-state index is 12.5. The number of amides is 1. The number of para-hydroxylation sites is 1. The summed E-state index contributed by atoms with van der Waals surface area (Å²) in [6.45, 7) is 1.88. The number of aryl methyl sites for hydroxylation is 1. The average molecular weight is 342 g/mol. The molecular formula is C22H18N2O2. The number of hydrogen-bond acceptors (Lipinski definition) is 2. The van der Waals surface area contributed by atoms with E-state index in [1.54, 1.807) is 6.07 Å². The normalized spacial score (nSPS) is 11.0. The Kier molecular flexibility index (Phi) is 4.01. The van der Waals surface area contributed by atoms with Gasteiger partial charge in [0.05, 0.1) is 5.52 Å². The zero-order valence-electron chi connectivity index (χ0n) is 14.4. The third kappa shape index (κ3) is 2.97. The fraction of sp³-hybridized carbons (Fsp3) is 0.0909. The molecule has 128 valence electrons. The highest BCUT2D eigenvalue weighted by molar-refractivity contribution is 5.95. The smallest absolute Gasteiger partial charge is 0.251 e. The third-order valence-electron chi connectivity index (χ3n) is 4.56. The number of nitrogens with zero attached hydrogens (tertiary/aromatic N) is 1. The molecule has 4 heteroatoms. The summed E-state index contributed by atoms with van der Waals surface area (Å²) in [6, 6.07) is 23.0. The first-order valence-electron chi connectivity index (χ1n) is 8.50. The SMILES string of the molecule is Cc1cc(=O)n(CC(=O)Nc2ccc3ccccc3c2)c2ccccc12. The molecule has 0 atom stereocenters. The van der Waals surface area contributed by atoms with Crippen LogP contribution in [-0.4, -0.2) is 10.5 Å². The van der Waals surface area contributed by atoms with Gasteiger partial charge in [-0.2, -0.15) is 0 Å². The quantitative estimate of drug-likeness (QED) is 0.609. The van der Waals surface area contributed by atoms with Gasteiger partial charge in [0.25, 0.3) is 5.56 Å². The highest BCUT2D eigenvalue weighted by Gasteiger charge is 2.10. The summed E-state index contributed by atoms with van der Waals surface area (Å²) in [6.07, 6.45) is 0. The minimum atomic E-state index is -0.226. The van der Waals surface area contributed by atoms with E-state index in [4.69, 9.17) is 0 Å². The lowest BCUT2D eigenvalue weighted by Crippen LogP contribution is -2.27. The summed E-state index contributed by atoms with van der Waals surface area (Å²) in [7, 11) is 0. The van der Waals surface area contributed by atoms with Gasteiger partial charge in [0.2, 0.25) is 5.91 Å². The number of benzene rings is 3. The van der Waals surface area contributed by atoms with Crippen LogP contribution in [0.3, 0.4) is 0 Å². The van der Waals surface area contributed by atoms with Crippen LogP contribution in [0.25, 0.3) is 21.7 Å². The summed E-state index contributed by atoms with van der Waals surface area (Å²) >= 11 is 0. The van der Waals surface area contributed by atoms with E-state index < -0.39 is 0 Å². The van der Waals surface area contributed by atoms with Crippen LogP contribution in [0, 0.1) is 6.92 Å². The van der Waals surface area contributed by atoms with Crippen LogP contribution in [0.4, 0.5) is 5.69 Å². The van der Waals surface area contributed by atoms with Crippen molar-refractivity contribution in [2.24, 2.45) is 0 Å². The van der Waals surface area contributed by atoms with Gasteiger partial charge in [0.1, 0.15) is 6.54 Å². The second-order valence-electron chi connectivity index (χ2n) is 6.38. The fourth-order valence-electron chi connectivity index (χ4n) is 3.28. The van der Waals surface area contributed by atoms with Crippen LogP contribution in [0.15, 0.2) is 77.6 Å². The topological polar surface area (TPSA) is 51.1 Å². The van der Waals surface area contributed by atoms with Gasteiger partial charge in [0.15, 0.2) is 0 Å². The lowest BCUT2D eigenvalue weighted by atomic mass is 10.1. The maximum Gasteiger partial charge on any atom is 0.251 e. The molecule has 4 nitrogen and oxygen atoms in total.